The van der Waals surface area contributed by atoms with Crippen molar-refractivity contribution in [3.63, 3.8) is 0 Å². The van der Waals surface area contributed by atoms with Crippen molar-refractivity contribution in [2.45, 2.75) is 6.92 Å². The Morgan fingerprint density at radius 1 is 1.33 bits per heavy atom. The summed E-state index contributed by atoms with van der Waals surface area (Å²) >= 11 is 0. The van der Waals surface area contributed by atoms with Gasteiger partial charge in [-0.25, -0.2) is 0 Å². The van der Waals surface area contributed by atoms with E-state index in [0.29, 0.717) is 5.58 Å². The zero-order valence-electron chi connectivity index (χ0n) is 8.02. The third-order valence-corrected chi connectivity index (χ3v) is 1.90. The van der Waals surface area contributed by atoms with E-state index in [1.165, 1.54) is 19.3 Å². The molecule has 0 saturated carbocycles. The van der Waals surface area contributed by atoms with Gasteiger partial charge in [0.1, 0.15) is 16.7 Å². The van der Waals surface area contributed by atoms with Crippen molar-refractivity contribution in [3.8, 4) is 5.75 Å². The number of esters is 1. The van der Waals surface area contributed by atoms with E-state index in [1.807, 2.05) is 0 Å². The fraction of sp³-hybridized carbons (Fsp3) is 0.0909. The maximum Gasteiger partial charge on any atom is 0.308 e. The van der Waals surface area contributed by atoms with Gasteiger partial charge in [-0.1, -0.05) is 6.07 Å². The molecule has 1 aromatic heterocycles. The normalized spacial score (nSPS) is 10.2. The van der Waals surface area contributed by atoms with E-state index in [4.69, 9.17) is 9.15 Å². The first kappa shape index (κ1) is 9.45. The molecule has 1 heterocycles. The van der Waals surface area contributed by atoms with Crippen LogP contribution in [0.4, 0.5) is 0 Å². The number of hydrogen-bond donors (Lipinski definition) is 0. The molecule has 0 unspecified atom stereocenters. The third kappa shape index (κ3) is 1.74. The molecule has 0 bridgehead atoms. The summed E-state index contributed by atoms with van der Waals surface area (Å²) in [6.07, 6.45) is 1.31. The molecule has 15 heavy (non-hydrogen) atoms. The first-order valence-electron chi connectivity index (χ1n) is 4.37. The number of fused-ring (bicyclic) bond motifs is 1. The lowest BCUT2D eigenvalue weighted by Crippen LogP contribution is -2.06. The largest absolute Gasteiger partial charge is 0.464 e. The number of carbonyl (C=O) groups is 1. The Kier molecular flexibility index (Phi) is 2.25. The monoisotopic (exact) mass is 204 g/mol. The van der Waals surface area contributed by atoms with Gasteiger partial charge in [-0.3, -0.25) is 9.59 Å². The molecule has 0 spiro atoms. The van der Waals surface area contributed by atoms with Crippen molar-refractivity contribution < 1.29 is 13.9 Å². The third-order valence-electron chi connectivity index (χ3n) is 1.90. The fourth-order valence-corrected chi connectivity index (χ4v) is 1.34. The van der Waals surface area contributed by atoms with Crippen molar-refractivity contribution in [2.24, 2.45) is 0 Å². The van der Waals surface area contributed by atoms with Crippen LogP contribution in [0.5, 0.6) is 5.75 Å². The minimum atomic E-state index is -0.467. The van der Waals surface area contributed by atoms with Gasteiger partial charge in [0, 0.05) is 13.0 Å². The molecule has 0 radical (unpaired) electrons. The van der Waals surface area contributed by atoms with Gasteiger partial charge in [0.25, 0.3) is 0 Å². The number of hydrogen-bond acceptors (Lipinski definition) is 4. The minimum Gasteiger partial charge on any atom is -0.464 e. The van der Waals surface area contributed by atoms with Crippen LogP contribution in [0.1, 0.15) is 6.92 Å². The van der Waals surface area contributed by atoms with Gasteiger partial charge in [-0.2, -0.15) is 0 Å². The predicted molar refractivity (Wildman–Crippen MR) is 53.8 cm³/mol. The van der Waals surface area contributed by atoms with Crippen LogP contribution in [0.3, 0.4) is 0 Å². The Labute approximate surface area is 85.1 Å². The Morgan fingerprint density at radius 3 is 2.87 bits per heavy atom. The van der Waals surface area contributed by atoms with Gasteiger partial charge in [-0.05, 0) is 12.1 Å². The molecule has 0 saturated heterocycles. The summed E-state index contributed by atoms with van der Waals surface area (Å²) in [4.78, 5) is 22.3. The second-order valence-corrected chi connectivity index (χ2v) is 3.01. The predicted octanol–water partition coefficient (Wildman–Crippen LogP) is 1.72. The molecule has 0 aliphatic rings. The van der Waals surface area contributed by atoms with E-state index in [2.05, 4.69) is 0 Å². The molecule has 0 N–H and O–H groups in total. The Bertz CT molecular complexity index is 563. The average Bonchev–Trinajstić information content (AvgIpc) is 2.17. The molecule has 0 fully saturated rings. The molecule has 1 aromatic carbocycles. The van der Waals surface area contributed by atoms with Crippen molar-refractivity contribution in [2.75, 3.05) is 0 Å². The van der Waals surface area contributed by atoms with Gasteiger partial charge in [0.15, 0.2) is 5.43 Å². The maximum atomic E-state index is 11.5. The summed E-state index contributed by atoms with van der Waals surface area (Å²) in [6, 6.07) is 6.14. The van der Waals surface area contributed by atoms with E-state index in [9.17, 15) is 9.59 Å². The zero-order valence-corrected chi connectivity index (χ0v) is 8.02. The van der Waals surface area contributed by atoms with E-state index in [-0.39, 0.29) is 16.6 Å². The highest BCUT2D eigenvalue weighted by Gasteiger charge is 2.08. The van der Waals surface area contributed by atoms with Crippen molar-refractivity contribution >= 4 is 16.9 Å². The molecular weight excluding hydrogens is 196 g/mol. The highest BCUT2D eigenvalue weighted by molar-refractivity contribution is 5.85. The average molecular weight is 204 g/mol. The van der Waals surface area contributed by atoms with Crippen LogP contribution in [0.2, 0.25) is 0 Å². The van der Waals surface area contributed by atoms with Gasteiger partial charge in [0.05, 0.1) is 6.26 Å². The highest BCUT2D eigenvalue weighted by Crippen LogP contribution is 2.21. The number of benzene rings is 1. The smallest absolute Gasteiger partial charge is 0.308 e. The summed E-state index contributed by atoms with van der Waals surface area (Å²) in [5, 5.41) is 0.287. The Balaban J connectivity index is 2.74. The summed E-state index contributed by atoms with van der Waals surface area (Å²) in [7, 11) is 0. The molecule has 2 aromatic rings. The topological polar surface area (TPSA) is 56.5 Å². The van der Waals surface area contributed by atoms with Gasteiger partial charge in [0.2, 0.25) is 0 Å². The van der Waals surface area contributed by atoms with Gasteiger partial charge >= 0.3 is 5.97 Å². The van der Waals surface area contributed by atoms with Crippen LogP contribution in [-0.2, 0) is 4.79 Å². The van der Waals surface area contributed by atoms with Crippen molar-refractivity contribution in [1.82, 2.24) is 0 Å². The molecule has 4 nitrogen and oxygen atoms in total. The molecule has 2 rings (SSSR count). The van der Waals surface area contributed by atoms with E-state index < -0.39 is 5.97 Å². The van der Waals surface area contributed by atoms with Crippen LogP contribution < -0.4 is 10.2 Å². The number of rotatable bonds is 1. The summed E-state index contributed by atoms with van der Waals surface area (Å²) in [5.41, 5.74) is 0.175. The van der Waals surface area contributed by atoms with Crippen LogP contribution in [0, 0.1) is 0 Å². The fourth-order valence-electron chi connectivity index (χ4n) is 1.34. The van der Waals surface area contributed by atoms with Crippen LogP contribution >= 0.6 is 0 Å². The Morgan fingerprint density at radius 2 is 2.13 bits per heavy atom. The molecule has 4 heteroatoms. The summed E-state index contributed by atoms with van der Waals surface area (Å²) < 4.78 is 10.0. The number of carbonyl (C=O) groups excluding carboxylic acids is 1. The lowest BCUT2D eigenvalue weighted by atomic mass is 10.2. The quantitative estimate of drug-likeness (QED) is 0.524. The summed E-state index contributed by atoms with van der Waals surface area (Å²) in [6.45, 7) is 1.28. The SMILES string of the molecule is CC(=O)Oc1cccc2occc(=O)c12. The molecular formula is C11H8O4. The van der Waals surface area contributed by atoms with Gasteiger partial charge < -0.3 is 9.15 Å². The van der Waals surface area contributed by atoms with Crippen LogP contribution in [-0.4, -0.2) is 5.97 Å². The van der Waals surface area contributed by atoms with Gasteiger partial charge in [-0.15, -0.1) is 0 Å². The Hall–Kier alpha value is -2.10. The molecule has 0 amide bonds. The zero-order chi connectivity index (χ0) is 10.8. The van der Waals surface area contributed by atoms with E-state index in [1.54, 1.807) is 18.2 Å². The van der Waals surface area contributed by atoms with E-state index >= 15 is 0 Å². The standard InChI is InChI=1S/C11H8O4/c1-7(12)15-10-4-2-3-9-11(10)8(13)5-6-14-9/h2-6H,1H3. The molecule has 0 aliphatic heterocycles. The highest BCUT2D eigenvalue weighted by atomic mass is 16.5. The summed E-state index contributed by atoms with van der Waals surface area (Å²) in [5.74, 6) is -0.236. The molecule has 0 atom stereocenters. The van der Waals surface area contributed by atoms with Crippen LogP contribution in [0.15, 0.2) is 39.7 Å². The first-order chi connectivity index (χ1) is 7.18. The maximum absolute atomic E-state index is 11.5. The van der Waals surface area contributed by atoms with Crippen molar-refractivity contribution in [1.29, 1.82) is 0 Å². The van der Waals surface area contributed by atoms with E-state index in [0.717, 1.165) is 0 Å². The molecule has 76 valence electrons. The van der Waals surface area contributed by atoms with Crippen molar-refractivity contribution in [3.05, 3.63) is 40.8 Å². The second kappa shape index (κ2) is 3.57. The first-order valence-corrected chi connectivity index (χ1v) is 4.37. The molecule has 0 aliphatic carbocycles. The number of ether oxygens (including phenoxy) is 1. The van der Waals surface area contributed by atoms with Crippen LogP contribution in [0.25, 0.3) is 11.0 Å². The lowest BCUT2D eigenvalue weighted by molar-refractivity contribution is -0.131. The lowest BCUT2D eigenvalue weighted by Gasteiger charge is -2.03. The minimum absolute atomic E-state index is 0.229. The second-order valence-electron chi connectivity index (χ2n) is 3.01.